The number of benzene rings is 1. The van der Waals surface area contributed by atoms with Gasteiger partial charge in [-0.1, -0.05) is 35.4 Å². The van der Waals surface area contributed by atoms with Crippen LogP contribution in [0.2, 0.25) is 5.15 Å². The van der Waals surface area contributed by atoms with Gasteiger partial charge in [-0.15, -0.1) is 0 Å². The van der Waals surface area contributed by atoms with Crippen molar-refractivity contribution in [2.45, 2.75) is 33.5 Å². The third kappa shape index (κ3) is 6.48. The molecule has 2 aromatic rings. The molecule has 2 N–H and O–H groups in total. The topological polar surface area (TPSA) is 58.5 Å². The molecule has 0 fully saturated rings. The SMILES string of the molecule is CCNC(=NCc1ccc(Cl)nc1)NCc1cc(C)ccc1OC(F)F. The number of guanidine groups is 1. The summed E-state index contributed by atoms with van der Waals surface area (Å²) >= 11 is 5.77. The third-order valence-corrected chi connectivity index (χ3v) is 3.65. The molecule has 140 valence electrons. The van der Waals surface area contributed by atoms with Gasteiger partial charge < -0.3 is 15.4 Å². The van der Waals surface area contributed by atoms with E-state index in [4.69, 9.17) is 11.6 Å². The summed E-state index contributed by atoms with van der Waals surface area (Å²) in [7, 11) is 0. The van der Waals surface area contributed by atoms with Crippen molar-refractivity contribution in [1.29, 1.82) is 0 Å². The van der Waals surface area contributed by atoms with E-state index in [-0.39, 0.29) is 5.75 Å². The first-order valence-corrected chi connectivity index (χ1v) is 8.52. The molecular weight excluding hydrogens is 362 g/mol. The molecule has 1 heterocycles. The molecule has 1 aromatic heterocycles. The molecule has 8 heteroatoms. The van der Waals surface area contributed by atoms with Gasteiger partial charge in [-0.2, -0.15) is 8.78 Å². The maximum atomic E-state index is 12.6. The predicted octanol–water partition coefficient (Wildman–Crippen LogP) is 3.90. The Hall–Kier alpha value is -2.41. The van der Waals surface area contributed by atoms with Crippen molar-refractivity contribution < 1.29 is 13.5 Å². The van der Waals surface area contributed by atoms with Gasteiger partial charge in [0, 0.05) is 24.8 Å². The molecule has 0 amide bonds. The van der Waals surface area contributed by atoms with E-state index < -0.39 is 6.61 Å². The molecule has 0 aliphatic carbocycles. The molecule has 0 saturated heterocycles. The summed E-state index contributed by atoms with van der Waals surface area (Å²) in [5.41, 5.74) is 2.49. The second kappa shape index (κ2) is 9.91. The monoisotopic (exact) mass is 382 g/mol. The molecule has 0 atom stereocenters. The number of nitrogens with one attached hydrogen (secondary N) is 2. The van der Waals surface area contributed by atoms with E-state index in [0.717, 1.165) is 11.1 Å². The molecule has 0 saturated carbocycles. The van der Waals surface area contributed by atoms with Crippen molar-refractivity contribution in [3.63, 3.8) is 0 Å². The number of aliphatic imine (C=N–C) groups is 1. The molecule has 0 radical (unpaired) electrons. The summed E-state index contributed by atoms with van der Waals surface area (Å²) in [6.45, 7) is 2.35. The minimum atomic E-state index is -2.87. The van der Waals surface area contributed by atoms with Crippen molar-refractivity contribution in [2.24, 2.45) is 4.99 Å². The Labute approximate surface area is 156 Å². The maximum Gasteiger partial charge on any atom is 0.387 e. The average molecular weight is 383 g/mol. The average Bonchev–Trinajstić information content (AvgIpc) is 2.60. The molecule has 26 heavy (non-hydrogen) atoms. The molecule has 0 bridgehead atoms. The first-order chi connectivity index (χ1) is 12.5. The van der Waals surface area contributed by atoms with Crippen LogP contribution in [-0.4, -0.2) is 24.1 Å². The highest BCUT2D eigenvalue weighted by Crippen LogP contribution is 2.22. The fourth-order valence-electron chi connectivity index (χ4n) is 2.25. The van der Waals surface area contributed by atoms with Crippen molar-refractivity contribution in [2.75, 3.05) is 6.54 Å². The highest BCUT2D eigenvalue weighted by molar-refractivity contribution is 6.29. The smallest absolute Gasteiger partial charge is 0.387 e. The lowest BCUT2D eigenvalue weighted by Gasteiger charge is -2.15. The molecule has 0 aliphatic heterocycles. The van der Waals surface area contributed by atoms with Gasteiger partial charge in [-0.25, -0.2) is 9.98 Å². The van der Waals surface area contributed by atoms with E-state index in [1.807, 2.05) is 19.9 Å². The molecule has 0 aliphatic rings. The number of hydrogen-bond acceptors (Lipinski definition) is 3. The Morgan fingerprint density at radius 1 is 1.27 bits per heavy atom. The number of hydrogen-bond donors (Lipinski definition) is 2. The lowest BCUT2D eigenvalue weighted by atomic mass is 10.1. The Balaban J connectivity index is 2.06. The van der Waals surface area contributed by atoms with Crippen LogP contribution in [0.25, 0.3) is 0 Å². The molecule has 0 spiro atoms. The molecule has 5 nitrogen and oxygen atoms in total. The van der Waals surface area contributed by atoms with Crippen molar-refractivity contribution >= 4 is 17.6 Å². The third-order valence-electron chi connectivity index (χ3n) is 3.43. The normalized spacial score (nSPS) is 11.5. The highest BCUT2D eigenvalue weighted by atomic mass is 35.5. The lowest BCUT2D eigenvalue weighted by Crippen LogP contribution is -2.36. The summed E-state index contributed by atoms with van der Waals surface area (Å²) in [6.07, 6.45) is 1.66. The van der Waals surface area contributed by atoms with E-state index in [0.29, 0.717) is 36.3 Å². The number of nitrogens with zero attached hydrogens (tertiary/aromatic N) is 2. The van der Waals surface area contributed by atoms with Gasteiger partial charge in [0.15, 0.2) is 5.96 Å². The van der Waals surface area contributed by atoms with Crippen LogP contribution < -0.4 is 15.4 Å². The van der Waals surface area contributed by atoms with Gasteiger partial charge in [-0.3, -0.25) is 0 Å². The number of alkyl halides is 2. The van der Waals surface area contributed by atoms with Crippen LogP contribution in [0.15, 0.2) is 41.5 Å². The number of aryl methyl sites for hydroxylation is 1. The van der Waals surface area contributed by atoms with Gasteiger partial charge in [0.05, 0.1) is 6.54 Å². The van der Waals surface area contributed by atoms with Gasteiger partial charge in [-0.05, 0) is 31.5 Å². The van der Waals surface area contributed by atoms with Crippen LogP contribution >= 0.6 is 11.6 Å². The largest absolute Gasteiger partial charge is 0.434 e. The summed E-state index contributed by atoms with van der Waals surface area (Å²) < 4.78 is 29.7. The minimum absolute atomic E-state index is 0.149. The zero-order valence-corrected chi connectivity index (χ0v) is 15.4. The fourth-order valence-corrected chi connectivity index (χ4v) is 2.36. The number of pyridine rings is 1. The Kier molecular flexibility index (Phi) is 7.59. The molecular formula is C18H21ClF2N4O. The van der Waals surface area contributed by atoms with Crippen LogP contribution in [0.4, 0.5) is 8.78 Å². The number of aromatic nitrogens is 1. The second-order valence-corrected chi connectivity index (χ2v) is 5.91. The molecule has 0 unspecified atom stereocenters. The fraction of sp³-hybridized carbons (Fsp3) is 0.333. The first-order valence-electron chi connectivity index (χ1n) is 8.15. The summed E-state index contributed by atoms with van der Waals surface area (Å²) in [4.78, 5) is 8.48. The van der Waals surface area contributed by atoms with E-state index in [9.17, 15) is 8.78 Å². The summed E-state index contributed by atoms with van der Waals surface area (Å²) in [5, 5.41) is 6.66. The van der Waals surface area contributed by atoms with Gasteiger partial charge in [0.1, 0.15) is 10.9 Å². The van der Waals surface area contributed by atoms with E-state index >= 15 is 0 Å². The van der Waals surface area contributed by atoms with E-state index in [1.165, 1.54) is 0 Å². The Bertz CT molecular complexity index is 738. The molecule has 1 aromatic carbocycles. The van der Waals surface area contributed by atoms with Crippen LogP contribution in [-0.2, 0) is 13.1 Å². The van der Waals surface area contributed by atoms with E-state index in [1.54, 1.807) is 30.5 Å². The van der Waals surface area contributed by atoms with Gasteiger partial charge in [0.2, 0.25) is 0 Å². The second-order valence-electron chi connectivity index (χ2n) is 5.53. The number of halogens is 3. The van der Waals surface area contributed by atoms with Crippen LogP contribution in [0.5, 0.6) is 5.75 Å². The summed E-state index contributed by atoms with van der Waals surface area (Å²) in [6, 6.07) is 8.62. The first kappa shape index (κ1) is 19.9. The van der Waals surface area contributed by atoms with Crippen LogP contribution in [0, 0.1) is 6.92 Å². The van der Waals surface area contributed by atoms with Crippen molar-refractivity contribution in [3.8, 4) is 5.75 Å². The highest BCUT2D eigenvalue weighted by Gasteiger charge is 2.10. The zero-order chi connectivity index (χ0) is 18.9. The van der Waals surface area contributed by atoms with Crippen molar-refractivity contribution in [1.82, 2.24) is 15.6 Å². The minimum Gasteiger partial charge on any atom is -0.434 e. The van der Waals surface area contributed by atoms with Crippen LogP contribution in [0.1, 0.15) is 23.6 Å². The van der Waals surface area contributed by atoms with Gasteiger partial charge >= 0.3 is 6.61 Å². The maximum absolute atomic E-state index is 12.6. The zero-order valence-electron chi connectivity index (χ0n) is 14.6. The Morgan fingerprint density at radius 2 is 2.08 bits per heavy atom. The number of rotatable bonds is 7. The quantitative estimate of drug-likeness (QED) is 0.433. The Morgan fingerprint density at radius 3 is 2.73 bits per heavy atom. The number of ether oxygens (including phenoxy) is 1. The van der Waals surface area contributed by atoms with Crippen LogP contribution in [0.3, 0.4) is 0 Å². The lowest BCUT2D eigenvalue weighted by molar-refractivity contribution is -0.0504. The predicted molar refractivity (Wildman–Crippen MR) is 98.7 cm³/mol. The van der Waals surface area contributed by atoms with Gasteiger partial charge in [0.25, 0.3) is 0 Å². The van der Waals surface area contributed by atoms with E-state index in [2.05, 4.69) is 25.3 Å². The molecule has 2 rings (SSSR count). The standard InChI is InChI=1S/C18H21ClF2N4O/c1-3-22-18(24-10-13-5-7-16(19)23-9-13)25-11-14-8-12(2)4-6-15(14)26-17(20)21/h4-9,17H,3,10-11H2,1-2H3,(H2,22,24,25). The van der Waals surface area contributed by atoms with Crippen molar-refractivity contribution in [3.05, 3.63) is 58.4 Å². The summed E-state index contributed by atoms with van der Waals surface area (Å²) in [5.74, 6) is 0.711.